The van der Waals surface area contributed by atoms with E-state index in [0.29, 0.717) is 18.0 Å². The molecule has 3 N–H and O–H groups in total. The van der Waals surface area contributed by atoms with Gasteiger partial charge in [0.2, 0.25) is 5.95 Å². The molecule has 0 radical (unpaired) electrons. The number of aromatic nitrogens is 5. The number of H-pyrrole nitrogens is 1. The number of aromatic amines is 1. The Morgan fingerprint density at radius 3 is 2.65 bits per heavy atom. The number of fused-ring (bicyclic) bond motifs is 1. The second kappa shape index (κ2) is 10.6. The summed E-state index contributed by atoms with van der Waals surface area (Å²) in [5, 5.41) is 11.5. The van der Waals surface area contributed by atoms with E-state index in [0.717, 1.165) is 48.6 Å². The molecule has 31 heavy (non-hydrogen) atoms. The lowest BCUT2D eigenvalue weighted by molar-refractivity contribution is 0.0662. The zero-order chi connectivity index (χ0) is 21.5. The van der Waals surface area contributed by atoms with Crippen LogP contribution >= 0.6 is 0 Å². The van der Waals surface area contributed by atoms with E-state index in [4.69, 9.17) is 9.72 Å². The number of hydrogen-bond donors (Lipinski definition) is 3. The Hall–Kier alpha value is -2.61. The van der Waals surface area contributed by atoms with Crippen LogP contribution in [0.15, 0.2) is 24.7 Å². The summed E-state index contributed by atoms with van der Waals surface area (Å²) in [4.78, 5) is 12.7. The summed E-state index contributed by atoms with van der Waals surface area (Å²) in [5.74, 6) is 1.47. The number of rotatable bonds is 5. The predicted octanol–water partition coefficient (Wildman–Crippen LogP) is 5.41. The van der Waals surface area contributed by atoms with Crippen LogP contribution in [0.25, 0.3) is 11.0 Å². The summed E-state index contributed by atoms with van der Waals surface area (Å²) < 4.78 is 7.47. The molecule has 0 amide bonds. The van der Waals surface area contributed by atoms with E-state index in [2.05, 4.69) is 39.5 Å². The van der Waals surface area contributed by atoms with Gasteiger partial charge in [-0.25, -0.2) is 4.98 Å². The van der Waals surface area contributed by atoms with Crippen molar-refractivity contribution in [2.45, 2.75) is 77.3 Å². The molecule has 0 aromatic carbocycles. The Kier molecular flexibility index (Phi) is 7.40. The first kappa shape index (κ1) is 21.6. The highest BCUT2D eigenvalue weighted by Crippen LogP contribution is 2.27. The zero-order valence-electron chi connectivity index (χ0n) is 18.7. The van der Waals surface area contributed by atoms with Crippen LogP contribution in [0.1, 0.15) is 71.3 Å². The van der Waals surface area contributed by atoms with E-state index in [9.17, 15) is 0 Å². The van der Waals surface area contributed by atoms with Crippen molar-refractivity contribution in [3.8, 4) is 0 Å². The quantitative estimate of drug-likeness (QED) is 0.506. The standard InChI is InChI=1S/C20H27N7O.C3H8/c1-2-4-14(5-3-1)23-19-18-17(6-9-21-18)25-20(26-19)24-15-12-22-27(13-15)16-7-10-28-11-8-16;1-3-2/h6,9,12-14,16,21H,1-5,7-8,10-11H2,(H2,23,24,25,26);3H2,1-2H3. The van der Waals surface area contributed by atoms with Crippen molar-refractivity contribution in [2.24, 2.45) is 0 Å². The number of anilines is 3. The second-order valence-corrected chi connectivity index (χ2v) is 8.50. The van der Waals surface area contributed by atoms with Gasteiger partial charge in [0, 0.05) is 31.6 Å². The topological polar surface area (TPSA) is 92.7 Å². The molecule has 0 bridgehead atoms. The number of nitrogens with zero attached hydrogens (tertiary/aromatic N) is 4. The Bertz CT molecular complexity index is 938. The molecular weight excluding hydrogens is 390 g/mol. The van der Waals surface area contributed by atoms with Crippen molar-refractivity contribution in [3.05, 3.63) is 24.7 Å². The summed E-state index contributed by atoms with van der Waals surface area (Å²) in [5.41, 5.74) is 2.78. The maximum Gasteiger partial charge on any atom is 0.229 e. The second-order valence-electron chi connectivity index (χ2n) is 8.50. The molecular formula is C23H35N7O. The summed E-state index contributed by atoms with van der Waals surface area (Å²) in [7, 11) is 0. The Morgan fingerprint density at radius 2 is 1.87 bits per heavy atom. The molecule has 2 aliphatic rings. The third-order valence-corrected chi connectivity index (χ3v) is 5.77. The zero-order valence-corrected chi connectivity index (χ0v) is 18.7. The fourth-order valence-electron chi connectivity index (χ4n) is 4.23. The Labute approximate surface area is 184 Å². The van der Waals surface area contributed by atoms with Gasteiger partial charge >= 0.3 is 0 Å². The van der Waals surface area contributed by atoms with Gasteiger partial charge in [-0.05, 0) is 31.7 Å². The lowest BCUT2D eigenvalue weighted by atomic mass is 9.95. The lowest BCUT2D eigenvalue weighted by Gasteiger charge is -2.23. The number of hydrogen-bond acceptors (Lipinski definition) is 6. The molecule has 1 saturated carbocycles. The Morgan fingerprint density at radius 1 is 1.10 bits per heavy atom. The molecule has 4 heterocycles. The number of nitrogens with one attached hydrogen (secondary N) is 3. The molecule has 0 unspecified atom stereocenters. The number of ether oxygens (including phenoxy) is 1. The molecule has 0 atom stereocenters. The molecule has 3 aromatic heterocycles. The normalized spacial score (nSPS) is 17.9. The van der Waals surface area contributed by atoms with Crippen molar-refractivity contribution >= 4 is 28.5 Å². The Balaban J connectivity index is 0.000000730. The van der Waals surface area contributed by atoms with Crippen LogP contribution in [0.2, 0.25) is 0 Å². The first-order valence-electron chi connectivity index (χ1n) is 11.8. The molecule has 5 rings (SSSR count). The van der Waals surface area contributed by atoms with Gasteiger partial charge in [0.1, 0.15) is 5.52 Å². The molecule has 3 aromatic rings. The van der Waals surface area contributed by atoms with Crippen LogP contribution in [0, 0.1) is 0 Å². The van der Waals surface area contributed by atoms with Gasteiger partial charge in [-0.2, -0.15) is 10.1 Å². The van der Waals surface area contributed by atoms with E-state index in [1.807, 2.05) is 29.3 Å². The van der Waals surface area contributed by atoms with E-state index in [-0.39, 0.29) is 0 Å². The molecule has 1 aliphatic carbocycles. The third-order valence-electron chi connectivity index (χ3n) is 5.77. The highest BCUT2D eigenvalue weighted by atomic mass is 16.5. The molecule has 2 fully saturated rings. The van der Waals surface area contributed by atoms with Gasteiger partial charge in [-0.3, -0.25) is 4.68 Å². The van der Waals surface area contributed by atoms with Crippen LogP contribution in [0.3, 0.4) is 0 Å². The van der Waals surface area contributed by atoms with Crippen LogP contribution in [0.5, 0.6) is 0 Å². The van der Waals surface area contributed by atoms with E-state index >= 15 is 0 Å². The van der Waals surface area contributed by atoms with E-state index < -0.39 is 0 Å². The predicted molar refractivity (Wildman–Crippen MR) is 125 cm³/mol. The lowest BCUT2D eigenvalue weighted by Crippen LogP contribution is -2.23. The van der Waals surface area contributed by atoms with Crippen molar-refractivity contribution in [1.82, 2.24) is 24.7 Å². The molecule has 0 spiro atoms. The molecule has 1 saturated heterocycles. The van der Waals surface area contributed by atoms with Crippen molar-refractivity contribution in [1.29, 1.82) is 0 Å². The average molecular weight is 426 g/mol. The highest BCUT2D eigenvalue weighted by Gasteiger charge is 2.18. The molecule has 8 heteroatoms. The minimum Gasteiger partial charge on any atom is -0.381 e. The highest BCUT2D eigenvalue weighted by molar-refractivity contribution is 5.87. The fraction of sp³-hybridized carbons (Fsp3) is 0.609. The summed E-state index contributed by atoms with van der Waals surface area (Å²) in [6.45, 7) is 5.85. The monoisotopic (exact) mass is 425 g/mol. The minimum atomic E-state index is 0.404. The molecule has 1 aliphatic heterocycles. The SMILES string of the molecule is CCC.c1cc2nc(Nc3cnn(C4CCOCC4)c3)nc(NC3CCCCC3)c2[nH]1. The summed E-state index contributed by atoms with van der Waals surface area (Å²) in [6.07, 6.45) is 15.4. The van der Waals surface area contributed by atoms with Gasteiger partial charge < -0.3 is 20.4 Å². The van der Waals surface area contributed by atoms with Crippen molar-refractivity contribution in [3.63, 3.8) is 0 Å². The van der Waals surface area contributed by atoms with Crippen LogP contribution in [-0.2, 0) is 4.74 Å². The van der Waals surface area contributed by atoms with Gasteiger partial charge in [0.15, 0.2) is 5.82 Å². The summed E-state index contributed by atoms with van der Waals surface area (Å²) >= 11 is 0. The van der Waals surface area contributed by atoms with Crippen LogP contribution in [-0.4, -0.2) is 44.0 Å². The van der Waals surface area contributed by atoms with Gasteiger partial charge in [0.05, 0.1) is 23.4 Å². The van der Waals surface area contributed by atoms with Gasteiger partial charge in [-0.15, -0.1) is 0 Å². The summed E-state index contributed by atoms with van der Waals surface area (Å²) in [6, 6.07) is 2.87. The maximum absolute atomic E-state index is 5.45. The molecule has 168 valence electrons. The molecule has 8 nitrogen and oxygen atoms in total. The average Bonchev–Trinajstić information content (AvgIpc) is 3.46. The van der Waals surface area contributed by atoms with Gasteiger partial charge in [0.25, 0.3) is 0 Å². The van der Waals surface area contributed by atoms with Crippen LogP contribution < -0.4 is 10.6 Å². The maximum atomic E-state index is 5.45. The van der Waals surface area contributed by atoms with Gasteiger partial charge in [-0.1, -0.05) is 39.5 Å². The van der Waals surface area contributed by atoms with Crippen molar-refractivity contribution in [2.75, 3.05) is 23.8 Å². The van der Waals surface area contributed by atoms with Crippen LogP contribution in [0.4, 0.5) is 17.5 Å². The first-order chi connectivity index (χ1) is 15.3. The van der Waals surface area contributed by atoms with Crippen molar-refractivity contribution < 1.29 is 4.74 Å². The van der Waals surface area contributed by atoms with E-state index in [1.165, 1.54) is 38.5 Å². The smallest absolute Gasteiger partial charge is 0.229 e. The largest absolute Gasteiger partial charge is 0.381 e. The fourth-order valence-corrected chi connectivity index (χ4v) is 4.23. The first-order valence-corrected chi connectivity index (χ1v) is 11.8. The third kappa shape index (κ3) is 5.55. The minimum absolute atomic E-state index is 0.404. The van der Waals surface area contributed by atoms with E-state index in [1.54, 1.807) is 0 Å².